The monoisotopic (exact) mass is 293 g/mol. The van der Waals surface area contributed by atoms with Gasteiger partial charge in [0.15, 0.2) is 0 Å². The minimum Gasteiger partial charge on any atom is -0.444 e. The van der Waals surface area contributed by atoms with E-state index in [0.29, 0.717) is 6.42 Å². The number of hydrogen-bond acceptors (Lipinski definition) is 3. The van der Waals surface area contributed by atoms with Gasteiger partial charge in [-0.05, 0) is 38.2 Å². The molecule has 21 heavy (non-hydrogen) atoms. The van der Waals surface area contributed by atoms with Crippen LogP contribution in [0.4, 0.5) is 4.79 Å². The molecule has 0 spiro atoms. The summed E-state index contributed by atoms with van der Waals surface area (Å²) in [7, 11) is 0. The Kier molecular flexibility index (Phi) is 5.78. The topological polar surface area (TPSA) is 58.6 Å². The zero-order valence-electron chi connectivity index (χ0n) is 13.6. The Labute approximate surface area is 127 Å². The number of nitrogens with one attached hydrogen (secondary N) is 1. The van der Waals surface area contributed by atoms with E-state index in [0.717, 1.165) is 5.56 Å². The van der Waals surface area contributed by atoms with E-state index >= 15 is 0 Å². The number of carbonyl (C=O) groups is 1. The van der Waals surface area contributed by atoms with Gasteiger partial charge in [-0.3, -0.25) is 0 Å². The van der Waals surface area contributed by atoms with Crippen LogP contribution in [0.15, 0.2) is 30.3 Å². The molecule has 0 saturated heterocycles. The van der Waals surface area contributed by atoms with Crippen LogP contribution in [0.3, 0.4) is 0 Å². The summed E-state index contributed by atoms with van der Waals surface area (Å²) >= 11 is 0. The molecule has 1 aromatic carbocycles. The first kappa shape index (κ1) is 17.5. The second kappa shape index (κ2) is 6.94. The van der Waals surface area contributed by atoms with Crippen LogP contribution in [-0.4, -0.2) is 23.4 Å². The predicted octanol–water partition coefficient (Wildman–Crippen LogP) is 3.66. The maximum absolute atomic E-state index is 12.0. The van der Waals surface area contributed by atoms with Crippen LogP contribution in [0.25, 0.3) is 0 Å². The fourth-order valence-electron chi connectivity index (χ4n) is 2.00. The van der Waals surface area contributed by atoms with E-state index in [9.17, 15) is 9.90 Å². The highest BCUT2D eigenvalue weighted by Gasteiger charge is 2.26. The smallest absolute Gasteiger partial charge is 0.408 e. The van der Waals surface area contributed by atoms with Gasteiger partial charge in [-0.25, -0.2) is 4.79 Å². The van der Waals surface area contributed by atoms with E-state index in [1.165, 1.54) is 0 Å². The molecule has 0 aliphatic carbocycles. The van der Waals surface area contributed by atoms with Gasteiger partial charge in [0.1, 0.15) is 5.60 Å². The number of alkyl carbamates (subject to hydrolysis) is 1. The number of rotatable bonds is 5. The Morgan fingerprint density at radius 3 is 2.24 bits per heavy atom. The Hall–Kier alpha value is -1.55. The fraction of sp³-hybridized carbons (Fsp3) is 0.588. The van der Waals surface area contributed by atoms with Gasteiger partial charge in [-0.1, -0.05) is 44.2 Å². The average molecular weight is 293 g/mol. The van der Waals surface area contributed by atoms with Crippen molar-refractivity contribution in [2.24, 2.45) is 5.41 Å². The Balaban J connectivity index is 2.85. The zero-order valence-corrected chi connectivity index (χ0v) is 13.6. The number of amides is 1. The maximum atomic E-state index is 12.0. The molecule has 4 heteroatoms. The summed E-state index contributed by atoms with van der Waals surface area (Å²) in [6, 6.07) is 9.55. The van der Waals surface area contributed by atoms with Crippen LogP contribution in [-0.2, 0) is 4.74 Å². The van der Waals surface area contributed by atoms with Crippen LogP contribution in [0, 0.1) is 5.41 Å². The molecule has 2 N–H and O–H groups in total. The predicted molar refractivity (Wildman–Crippen MR) is 84.0 cm³/mol. The van der Waals surface area contributed by atoms with Gasteiger partial charge >= 0.3 is 6.09 Å². The van der Waals surface area contributed by atoms with Crippen molar-refractivity contribution in [2.75, 3.05) is 6.61 Å². The van der Waals surface area contributed by atoms with Crippen molar-refractivity contribution >= 4 is 6.09 Å². The summed E-state index contributed by atoms with van der Waals surface area (Å²) in [6.07, 6.45) is 0.192. The van der Waals surface area contributed by atoms with E-state index < -0.39 is 11.7 Å². The van der Waals surface area contributed by atoms with Crippen LogP contribution in [0.2, 0.25) is 0 Å². The van der Waals surface area contributed by atoms with E-state index in [4.69, 9.17) is 4.74 Å². The molecule has 1 rings (SSSR count). The number of aliphatic hydroxyl groups excluding tert-OH is 1. The quantitative estimate of drug-likeness (QED) is 0.871. The highest BCUT2D eigenvalue weighted by Crippen LogP contribution is 2.29. The highest BCUT2D eigenvalue weighted by molar-refractivity contribution is 5.68. The fourth-order valence-corrected chi connectivity index (χ4v) is 2.00. The van der Waals surface area contributed by atoms with Gasteiger partial charge in [0, 0.05) is 6.61 Å². The Morgan fingerprint density at radius 2 is 1.76 bits per heavy atom. The normalized spacial score (nSPS) is 13.6. The largest absolute Gasteiger partial charge is 0.444 e. The number of carbonyl (C=O) groups excluding carboxylic acids is 1. The SMILES string of the molecule is CC(C)(CO)CC(NC(=O)OC(C)(C)C)c1ccccc1. The average Bonchev–Trinajstić information content (AvgIpc) is 2.36. The first-order valence-electron chi connectivity index (χ1n) is 7.28. The van der Waals surface area contributed by atoms with Gasteiger partial charge in [-0.2, -0.15) is 0 Å². The first-order chi connectivity index (χ1) is 9.63. The summed E-state index contributed by atoms with van der Waals surface area (Å²) in [4.78, 5) is 12.0. The van der Waals surface area contributed by atoms with Crippen LogP contribution in [0.1, 0.15) is 52.6 Å². The number of hydrogen-bond donors (Lipinski definition) is 2. The van der Waals surface area contributed by atoms with E-state index in [-0.39, 0.29) is 18.1 Å². The van der Waals surface area contributed by atoms with Crippen molar-refractivity contribution in [3.63, 3.8) is 0 Å². The summed E-state index contributed by atoms with van der Waals surface area (Å²) in [6.45, 7) is 9.51. The van der Waals surface area contributed by atoms with Crippen molar-refractivity contribution in [2.45, 2.75) is 52.7 Å². The number of benzene rings is 1. The molecule has 1 unspecified atom stereocenters. The summed E-state index contributed by atoms with van der Waals surface area (Å²) in [5.74, 6) is 0. The summed E-state index contributed by atoms with van der Waals surface area (Å²) < 4.78 is 5.33. The zero-order chi connectivity index (χ0) is 16.1. The first-order valence-corrected chi connectivity index (χ1v) is 7.28. The maximum Gasteiger partial charge on any atom is 0.408 e. The van der Waals surface area contributed by atoms with Crippen molar-refractivity contribution < 1.29 is 14.6 Å². The molecule has 0 radical (unpaired) electrons. The third kappa shape index (κ3) is 6.63. The van der Waals surface area contributed by atoms with Crippen molar-refractivity contribution in [1.29, 1.82) is 0 Å². The lowest BCUT2D eigenvalue weighted by Gasteiger charge is -2.30. The molecule has 118 valence electrons. The van der Waals surface area contributed by atoms with Crippen molar-refractivity contribution in [3.05, 3.63) is 35.9 Å². The molecule has 1 aromatic rings. The Bertz CT molecular complexity index is 449. The second-order valence-corrected chi connectivity index (χ2v) is 7.14. The third-order valence-electron chi connectivity index (χ3n) is 3.08. The van der Waals surface area contributed by atoms with Gasteiger partial charge in [0.2, 0.25) is 0 Å². The highest BCUT2D eigenvalue weighted by atomic mass is 16.6. The second-order valence-electron chi connectivity index (χ2n) is 7.14. The van der Waals surface area contributed by atoms with Crippen molar-refractivity contribution in [3.8, 4) is 0 Å². The molecule has 0 aliphatic heterocycles. The van der Waals surface area contributed by atoms with Gasteiger partial charge in [0.25, 0.3) is 0 Å². The minimum absolute atomic E-state index is 0.0618. The van der Waals surface area contributed by atoms with Crippen LogP contribution >= 0.6 is 0 Å². The minimum atomic E-state index is -0.530. The molecule has 0 heterocycles. The van der Waals surface area contributed by atoms with Crippen LogP contribution in [0.5, 0.6) is 0 Å². The van der Waals surface area contributed by atoms with Gasteiger partial charge in [-0.15, -0.1) is 0 Å². The molecule has 4 nitrogen and oxygen atoms in total. The lowest BCUT2D eigenvalue weighted by atomic mass is 9.84. The summed E-state index contributed by atoms with van der Waals surface area (Å²) in [5.41, 5.74) is 0.192. The van der Waals surface area contributed by atoms with E-state index in [1.807, 2.05) is 65.0 Å². The summed E-state index contributed by atoms with van der Waals surface area (Å²) in [5, 5.41) is 12.4. The molecule has 1 atom stereocenters. The molecule has 0 saturated carbocycles. The molecular formula is C17H27NO3. The molecule has 0 aliphatic rings. The lowest BCUT2D eigenvalue weighted by molar-refractivity contribution is 0.0476. The third-order valence-corrected chi connectivity index (χ3v) is 3.08. The van der Waals surface area contributed by atoms with Crippen molar-refractivity contribution in [1.82, 2.24) is 5.32 Å². The molecule has 1 amide bonds. The molecule has 0 fully saturated rings. The molecule has 0 aromatic heterocycles. The molecule has 0 bridgehead atoms. The van der Waals surface area contributed by atoms with E-state index in [1.54, 1.807) is 0 Å². The molecular weight excluding hydrogens is 266 g/mol. The van der Waals surface area contributed by atoms with Crippen LogP contribution < -0.4 is 5.32 Å². The standard InChI is InChI=1S/C17H27NO3/c1-16(2,3)21-15(20)18-14(11-17(4,5)12-19)13-9-7-6-8-10-13/h6-10,14,19H,11-12H2,1-5H3,(H,18,20). The number of aliphatic hydroxyl groups is 1. The lowest BCUT2D eigenvalue weighted by Crippen LogP contribution is -2.37. The Morgan fingerprint density at radius 1 is 1.19 bits per heavy atom. The van der Waals surface area contributed by atoms with E-state index in [2.05, 4.69) is 5.32 Å². The number of ether oxygens (including phenoxy) is 1. The van der Waals surface area contributed by atoms with Gasteiger partial charge in [0.05, 0.1) is 6.04 Å². The van der Waals surface area contributed by atoms with Gasteiger partial charge < -0.3 is 15.2 Å².